The zero-order chi connectivity index (χ0) is 25.9. The van der Waals surface area contributed by atoms with E-state index in [2.05, 4.69) is 19.2 Å². The summed E-state index contributed by atoms with van der Waals surface area (Å²) in [7, 11) is -2.61. The molecule has 0 amide bonds. The molecule has 196 valence electrons. The van der Waals surface area contributed by atoms with Gasteiger partial charge in [0.2, 0.25) is 0 Å². The largest absolute Gasteiger partial charge is 0.490 e. The molecule has 1 unspecified atom stereocenters. The Balaban J connectivity index is 1.69. The number of hydrogen-bond donors (Lipinski definition) is 0. The number of nitrogens with zero attached hydrogens (tertiary/aromatic N) is 1. The van der Waals surface area contributed by atoms with E-state index in [1.165, 1.54) is 18.7 Å². The first-order valence-electron chi connectivity index (χ1n) is 12.9. The molecular weight excluding hydrogens is 494 g/mol. The first-order chi connectivity index (χ1) is 17.3. The molecule has 0 bridgehead atoms. The predicted molar refractivity (Wildman–Crippen MR) is 146 cm³/mol. The number of fused-ring (bicyclic) bond motifs is 1. The molecule has 2 aromatic rings. The Labute approximate surface area is 219 Å². The van der Waals surface area contributed by atoms with Crippen molar-refractivity contribution >= 4 is 33.4 Å². The van der Waals surface area contributed by atoms with Crippen LogP contribution in [0.4, 0.5) is 5.69 Å². The number of carbonyl (C=O) groups is 1. The molecule has 1 aliphatic heterocycles. The average Bonchev–Trinajstić information content (AvgIpc) is 2.91. The van der Waals surface area contributed by atoms with Crippen molar-refractivity contribution in [1.82, 2.24) is 0 Å². The Bertz CT molecular complexity index is 1190. The Morgan fingerprint density at radius 2 is 1.81 bits per heavy atom. The van der Waals surface area contributed by atoms with Crippen LogP contribution in [0.1, 0.15) is 73.9 Å². The van der Waals surface area contributed by atoms with Crippen molar-refractivity contribution in [2.45, 2.75) is 87.5 Å². The van der Waals surface area contributed by atoms with Gasteiger partial charge in [-0.1, -0.05) is 26.0 Å². The number of sulfonamides is 1. The molecular formula is C28H37NO5S2. The molecule has 1 saturated carbocycles. The van der Waals surface area contributed by atoms with Gasteiger partial charge in [-0.3, -0.25) is 4.31 Å². The van der Waals surface area contributed by atoms with Crippen molar-refractivity contribution < 1.29 is 22.7 Å². The van der Waals surface area contributed by atoms with Crippen LogP contribution < -0.4 is 9.04 Å². The zero-order valence-corrected chi connectivity index (χ0v) is 23.3. The number of methoxy groups -OCH3 is 1. The standard InChI is InChI=1S/C28H37NO5S2/c1-5-19-7-15-26-20(17-19)8-9-21(6-2)29(26)36(31,32)24-14-16-27(25(18-24)28(30)33-3)34-22-10-12-23(35-4)13-11-22/h7,14-18,21-23H,5-6,8-13H2,1-4H3. The van der Waals surface area contributed by atoms with E-state index in [0.717, 1.165) is 56.2 Å². The lowest BCUT2D eigenvalue weighted by Crippen LogP contribution is -2.43. The first-order valence-corrected chi connectivity index (χ1v) is 15.6. The molecule has 1 fully saturated rings. The Morgan fingerprint density at radius 1 is 1.06 bits per heavy atom. The molecule has 8 heteroatoms. The van der Waals surface area contributed by atoms with E-state index in [0.29, 0.717) is 17.4 Å². The topological polar surface area (TPSA) is 72.9 Å². The highest BCUT2D eigenvalue weighted by atomic mass is 32.2. The number of thioether (sulfide) groups is 1. The van der Waals surface area contributed by atoms with E-state index < -0.39 is 16.0 Å². The zero-order valence-electron chi connectivity index (χ0n) is 21.7. The molecule has 4 rings (SSSR count). The smallest absolute Gasteiger partial charge is 0.341 e. The average molecular weight is 532 g/mol. The summed E-state index contributed by atoms with van der Waals surface area (Å²) in [6, 6.07) is 10.5. The van der Waals surface area contributed by atoms with Gasteiger partial charge in [0.25, 0.3) is 10.0 Å². The van der Waals surface area contributed by atoms with Crippen LogP contribution in [0, 0.1) is 0 Å². The number of carbonyl (C=O) groups excluding carboxylic acids is 1. The molecule has 1 heterocycles. The second-order valence-electron chi connectivity index (χ2n) is 9.62. The molecule has 2 aliphatic rings. The van der Waals surface area contributed by atoms with Gasteiger partial charge in [-0.05, 0) is 93.0 Å². The van der Waals surface area contributed by atoms with Gasteiger partial charge in [-0.2, -0.15) is 11.8 Å². The number of anilines is 1. The molecule has 1 aliphatic carbocycles. The van der Waals surface area contributed by atoms with Gasteiger partial charge in [-0.25, -0.2) is 13.2 Å². The molecule has 6 nitrogen and oxygen atoms in total. The number of hydrogen-bond acceptors (Lipinski definition) is 6. The first kappa shape index (κ1) is 26.9. The summed E-state index contributed by atoms with van der Waals surface area (Å²) in [6.45, 7) is 4.11. The molecule has 1 atom stereocenters. The Hall–Kier alpha value is -2.19. The minimum absolute atomic E-state index is 0.00506. The van der Waals surface area contributed by atoms with Crippen molar-refractivity contribution in [1.29, 1.82) is 0 Å². The van der Waals surface area contributed by atoms with Crippen LogP contribution in [-0.2, 0) is 27.6 Å². The summed E-state index contributed by atoms with van der Waals surface area (Å²) in [5.74, 6) is -0.217. The van der Waals surface area contributed by atoms with Gasteiger partial charge in [0.05, 0.1) is 23.8 Å². The Kier molecular flexibility index (Phi) is 8.56. The van der Waals surface area contributed by atoms with Gasteiger partial charge in [0.1, 0.15) is 11.3 Å². The van der Waals surface area contributed by atoms with E-state index in [-0.39, 0.29) is 22.6 Å². The second-order valence-corrected chi connectivity index (χ2v) is 12.6. The fraction of sp³-hybridized carbons (Fsp3) is 0.536. The quantitative estimate of drug-likeness (QED) is 0.389. The highest BCUT2D eigenvalue weighted by Gasteiger charge is 2.36. The van der Waals surface area contributed by atoms with Crippen molar-refractivity contribution in [3.05, 3.63) is 53.1 Å². The van der Waals surface area contributed by atoms with E-state index in [1.54, 1.807) is 16.4 Å². The minimum Gasteiger partial charge on any atom is -0.490 e. The van der Waals surface area contributed by atoms with Gasteiger partial charge in [0.15, 0.2) is 0 Å². The summed E-state index contributed by atoms with van der Waals surface area (Å²) >= 11 is 1.88. The van der Waals surface area contributed by atoms with E-state index in [4.69, 9.17) is 9.47 Å². The molecule has 0 aromatic heterocycles. The van der Waals surface area contributed by atoms with E-state index in [9.17, 15) is 13.2 Å². The van der Waals surface area contributed by atoms with Crippen molar-refractivity contribution in [3.63, 3.8) is 0 Å². The maximum absolute atomic E-state index is 14.0. The van der Waals surface area contributed by atoms with Crippen LogP contribution in [0.5, 0.6) is 5.75 Å². The summed E-state index contributed by atoms with van der Waals surface area (Å²) < 4.78 is 40.9. The summed E-state index contributed by atoms with van der Waals surface area (Å²) in [5.41, 5.74) is 3.13. The number of esters is 1. The van der Waals surface area contributed by atoms with Crippen molar-refractivity contribution in [2.75, 3.05) is 17.7 Å². The van der Waals surface area contributed by atoms with Crippen LogP contribution >= 0.6 is 11.8 Å². The van der Waals surface area contributed by atoms with Gasteiger partial charge in [-0.15, -0.1) is 0 Å². The molecule has 2 aromatic carbocycles. The third-order valence-electron chi connectivity index (χ3n) is 7.50. The number of rotatable bonds is 8. The predicted octanol–water partition coefficient (Wildman–Crippen LogP) is 6.01. The molecule has 0 spiro atoms. The van der Waals surface area contributed by atoms with Crippen LogP contribution in [0.3, 0.4) is 0 Å². The molecule has 36 heavy (non-hydrogen) atoms. The normalized spacial score (nSPS) is 22.1. The third kappa shape index (κ3) is 5.40. The number of aryl methyl sites for hydroxylation is 2. The van der Waals surface area contributed by atoms with E-state index >= 15 is 0 Å². The fourth-order valence-electron chi connectivity index (χ4n) is 5.33. The number of benzene rings is 2. The summed E-state index contributed by atoms with van der Waals surface area (Å²) in [6.07, 6.45) is 9.32. The maximum atomic E-state index is 14.0. The summed E-state index contributed by atoms with van der Waals surface area (Å²) in [5, 5.41) is 0.643. The molecule has 0 N–H and O–H groups in total. The lowest BCUT2D eigenvalue weighted by atomic mass is 9.94. The molecule has 0 radical (unpaired) electrons. The monoisotopic (exact) mass is 531 g/mol. The van der Waals surface area contributed by atoms with Crippen LogP contribution in [0.2, 0.25) is 0 Å². The number of ether oxygens (including phenoxy) is 2. The minimum atomic E-state index is -3.91. The lowest BCUT2D eigenvalue weighted by molar-refractivity contribution is 0.0590. The van der Waals surface area contributed by atoms with Crippen molar-refractivity contribution in [3.8, 4) is 5.75 Å². The highest BCUT2D eigenvalue weighted by molar-refractivity contribution is 7.99. The van der Waals surface area contributed by atoms with Crippen LogP contribution in [-0.4, -0.2) is 45.1 Å². The highest BCUT2D eigenvalue weighted by Crippen LogP contribution is 2.38. The van der Waals surface area contributed by atoms with Crippen LogP contribution in [0.25, 0.3) is 0 Å². The fourth-order valence-corrected chi connectivity index (χ4v) is 7.89. The van der Waals surface area contributed by atoms with Gasteiger partial charge < -0.3 is 9.47 Å². The van der Waals surface area contributed by atoms with Crippen molar-refractivity contribution in [2.24, 2.45) is 0 Å². The van der Waals surface area contributed by atoms with E-state index in [1.807, 2.05) is 30.8 Å². The Morgan fingerprint density at radius 3 is 2.44 bits per heavy atom. The lowest BCUT2D eigenvalue weighted by Gasteiger charge is -2.37. The van der Waals surface area contributed by atoms with Gasteiger partial charge >= 0.3 is 5.97 Å². The summed E-state index contributed by atoms with van der Waals surface area (Å²) in [4.78, 5) is 12.8. The third-order valence-corrected chi connectivity index (χ3v) is 10.5. The van der Waals surface area contributed by atoms with Crippen LogP contribution in [0.15, 0.2) is 41.3 Å². The maximum Gasteiger partial charge on any atom is 0.341 e. The second kappa shape index (κ2) is 11.5. The molecule has 0 saturated heterocycles. The SMILES string of the molecule is CCc1ccc2c(c1)CCC(CC)N2S(=O)(=O)c1ccc(OC2CCC(SC)CC2)c(C(=O)OC)c1. The van der Waals surface area contributed by atoms with Gasteiger partial charge in [0, 0.05) is 11.3 Å².